The zero-order valence-electron chi connectivity index (χ0n) is 30.8. The molecule has 0 aliphatic heterocycles. The molecule has 0 aliphatic rings. The Kier molecular flexibility index (Phi) is 37.3. The van der Waals surface area contributed by atoms with E-state index < -0.39 is 0 Å². The van der Waals surface area contributed by atoms with Gasteiger partial charge in [0.2, 0.25) is 5.91 Å². The number of primary amides is 1. The summed E-state index contributed by atoms with van der Waals surface area (Å²) >= 11 is 0. The van der Waals surface area contributed by atoms with Crippen LogP contribution in [0.5, 0.6) is 0 Å². The summed E-state index contributed by atoms with van der Waals surface area (Å²) in [5, 5.41) is 0. The molecule has 0 rings (SSSR count). The van der Waals surface area contributed by atoms with Crippen molar-refractivity contribution in [1.82, 2.24) is 0 Å². The van der Waals surface area contributed by atoms with Gasteiger partial charge in [-0.15, -0.1) is 0 Å². The Morgan fingerprint density at radius 1 is 0.391 bits per heavy atom. The van der Waals surface area contributed by atoms with Crippen LogP contribution in [0.25, 0.3) is 0 Å². The fourth-order valence-corrected chi connectivity index (χ4v) is 5.84. The molecule has 1 amide bonds. The molecule has 0 saturated heterocycles. The predicted molar refractivity (Wildman–Crippen MR) is 208 cm³/mol. The highest BCUT2D eigenvalue weighted by Crippen LogP contribution is 2.17. The summed E-state index contributed by atoms with van der Waals surface area (Å²) < 4.78 is 0. The van der Waals surface area contributed by atoms with Crippen LogP contribution in [0.4, 0.5) is 0 Å². The highest BCUT2D eigenvalue weighted by molar-refractivity contribution is 5.76. The minimum absolute atomic E-state index is 0.0676. The van der Waals surface area contributed by atoms with Gasteiger partial charge in [0.05, 0.1) is 0 Å². The topological polar surface area (TPSA) is 43.1 Å². The second-order valence-electron chi connectivity index (χ2n) is 13.4. The summed E-state index contributed by atoms with van der Waals surface area (Å²) in [6.07, 6.45) is 62.4. The van der Waals surface area contributed by atoms with E-state index in [1.807, 2.05) is 0 Å². The third-order valence-corrected chi connectivity index (χ3v) is 8.92. The van der Waals surface area contributed by atoms with Gasteiger partial charge in [-0.1, -0.05) is 215 Å². The van der Waals surface area contributed by atoms with Crippen molar-refractivity contribution < 1.29 is 4.79 Å². The van der Waals surface area contributed by atoms with E-state index in [1.54, 1.807) is 0 Å². The molecule has 0 fully saturated rings. The Morgan fingerprint density at radius 3 is 1.15 bits per heavy atom. The molecular weight excluding hydrogens is 558 g/mol. The largest absolute Gasteiger partial charge is 0.369 e. The average molecular weight is 636 g/mol. The first kappa shape index (κ1) is 43.9. The van der Waals surface area contributed by atoms with Crippen molar-refractivity contribution in [3.8, 4) is 0 Å². The van der Waals surface area contributed by atoms with Crippen molar-refractivity contribution in [2.24, 2.45) is 11.7 Å². The predicted octanol–water partition coefficient (Wildman–Crippen LogP) is 14.4. The van der Waals surface area contributed by atoms with Gasteiger partial charge in [-0.2, -0.15) is 0 Å². The fraction of sp³-hybridized carbons (Fsp3) is 0.705. The molecule has 1 unspecified atom stereocenters. The zero-order valence-corrected chi connectivity index (χ0v) is 30.8. The first-order chi connectivity index (χ1) is 22.7. The van der Waals surface area contributed by atoms with Crippen molar-refractivity contribution in [1.29, 1.82) is 0 Å². The van der Waals surface area contributed by atoms with Gasteiger partial charge < -0.3 is 5.73 Å². The molecule has 0 bridgehead atoms. The summed E-state index contributed by atoms with van der Waals surface area (Å²) in [5.74, 6) is -0.0438. The normalized spacial score (nSPS) is 13.3. The minimum atomic E-state index is -0.111. The smallest absolute Gasteiger partial charge is 0.220 e. The molecule has 46 heavy (non-hydrogen) atoms. The number of hydrogen-bond donors (Lipinski definition) is 1. The molecular formula is C44H77NO. The van der Waals surface area contributed by atoms with E-state index in [2.05, 4.69) is 86.8 Å². The molecule has 0 aromatic rings. The highest BCUT2D eigenvalue weighted by atomic mass is 16.1. The monoisotopic (exact) mass is 636 g/mol. The van der Waals surface area contributed by atoms with E-state index in [0.29, 0.717) is 0 Å². The van der Waals surface area contributed by atoms with Crippen molar-refractivity contribution in [3.05, 3.63) is 72.9 Å². The van der Waals surface area contributed by atoms with E-state index in [9.17, 15) is 4.79 Å². The van der Waals surface area contributed by atoms with E-state index in [1.165, 1.54) is 154 Å². The minimum Gasteiger partial charge on any atom is -0.369 e. The number of nitrogens with two attached hydrogens (primary N) is 1. The second kappa shape index (κ2) is 39.1. The number of carbonyl (C=O) groups is 1. The molecule has 2 N–H and O–H groups in total. The van der Waals surface area contributed by atoms with Crippen LogP contribution in [0.3, 0.4) is 0 Å². The van der Waals surface area contributed by atoms with Crippen LogP contribution in [-0.4, -0.2) is 5.91 Å². The molecule has 1 atom stereocenters. The van der Waals surface area contributed by atoms with Crippen LogP contribution in [0.1, 0.15) is 194 Å². The van der Waals surface area contributed by atoms with E-state index in [4.69, 9.17) is 5.73 Å². The third-order valence-electron chi connectivity index (χ3n) is 8.92. The summed E-state index contributed by atoms with van der Waals surface area (Å²) in [7, 11) is 0. The second-order valence-corrected chi connectivity index (χ2v) is 13.4. The van der Waals surface area contributed by atoms with Gasteiger partial charge >= 0.3 is 0 Å². The summed E-state index contributed by atoms with van der Waals surface area (Å²) in [6.45, 7) is 4.43. The maximum absolute atomic E-state index is 11.6. The van der Waals surface area contributed by atoms with E-state index in [-0.39, 0.29) is 11.8 Å². The number of rotatable bonds is 35. The van der Waals surface area contributed by atoms with Gasteiger partial charge in [0, 0.05) is 5.92 Å². The molecule has 0 aromatic heterocycles. The van der Waals surface area contributed by atoms with Crippen LogP contribution in [-0.2, 0) is 4.79 Å². The maximum Gasteiger partial charge on any atom is 0.220 e. The lowest BCUT2D eigenvalue weighted by atomic mass is 9.95. The van der Waals surface area contributed by atoms with Gasteiger partial charge in [0.25, 0.3) is 0 Å². The number of amides is 1. The Hall–Kier alpha value is -2.09. The third kappa shape index (κ3) is 36.4. The van der Waals surface area contributed by atoms with Crippen molar-refractivity contribution in [2.45, 2.75) is 194 Å². The molecule has 0 aromatic carbocycles. The molecule has 0 heterocycles. The Bertz CT molecular complexity index is 799. The standard InChI is InChI=1S/C44H77NO/c1-3-5-7-8-9-10-11-12-13-14-15-16-17-18-19-20-21-22-23-24-25-26-27-28-29-30-31-32-33-34-35-36-37-38-40-42-43(44(45)46)41-39-6-4-2/h8-17,37-38,43H,3-7,18-36,39-42H2,1-2H3,(H2,45,46). The zero-order chi connectivity index (χ0) is 33.4. The van der Waals surface area contributed by atoms with E-state index >= 15 is 0 Å². The van der Waals surface area contributed by atoms with Gasteiger partial charge in [-0.3, -0.25) is 4.79 Å². The number of hydrogen-bond acceptors (Lipinski definition) is 1. The highest BCUT2D eigenvalue weighted by Gasteiger charge is 2.13. The lowest BCUT2D eigenvalue weighted by molar-refractivity contribution is -0.122. The lowest BCUT2D eigenvalue weighted by Crippen LogP contribution is -2.23. The van der Waals surface area contributed by atoms with Crippen LogP contribution >= 0.6 is 0 Å². The molecule has 0 spiro atoms. The van der Waals surface area contributed by atoms with Crippen LogP contribution in [0, 0.1) is 5.92 Å². The summed E-state index contributed by atoms with van der Waals surface area (Å²) in [6, 6.07) is 0. The Morgan fingerprint density at radius 2 is 0.739 bits per heavy atom. The van der Waals surface area contributed by atoms with Crippen LogP contribution in [0.2, 0.25) is 0 Å². The van der Waals surface area contributed by atoms with Gasteiger partial charge in [0.1, 0.15) is 0 Å². The molecule has 0 radical (unpaired) electrons. The van der Waals surface area contributed by atoms with Crippen LogP contribution in [0.15, 0.2) is 72.9 Å². The quantitative estimate of drug-likeness (QED) is 0.0420. The molecule has 264 valence electrons. The number of allylic oxidation sites excluding steroid dienone is 12. The first-order valence-corrected chi connectivity index (χ1v) is 20.0. The van der Waals surface area contributed by atoms with Gasteiger partial charge in [0.15, 0.2) is 0 Å². The van der Waals surface area contributed by atoms with Gasteiger partial charge in [-0.25, -0.2) is 0 Å². The summed E-state index contributed by atoms with van der Waals surface area (Å²) in [4.78, 5) is 11.6. The maximum atomic E-state index is 11.6. The number of unbranched alkanes of at least 4 members (excludes halogenated alkanes) is 22. The average Bonchev–Trinajstić information content (AvgIpc) is 3.05. The molecule has 2 nitrogen and oxygen atoms in total. The molecule has 0 aliphatic carbocycles. The molecule has 0 saturated carbocycles. The lowest BCUT2D eigenvalue weighted by Gasteiger charge is -2.11. The molecule has 2 heteroatoms. The first-order valence-electron chi connectivity index (χ1n) is 20.0. The van der Waals surface area contributed by atoms with Crippen molar-refractivity contribution in [3.63, 3.8) is 0 Å². The van der Waals surface area contributed by atoms with E-state index in [0.717, 1.165) is 25.7 Å². The Balaban J connectivity index is 3.34. The van der Waals surface area contributed by atoms with Crippen LogP contribution < -0.4 is 5.73 Å². The fourth-order valence-electron chi connectivity index (χ4n) is 5.84. The Labute approximate surface area is 288 Å². The number of carbonyl (C=O) groups excluding carboxylic acids is 1. The van der Waals surface area contributed by atoms with Crippen molar-refractivity contribution >= 4 is 5.91 Å². The van der Waals surface area contributed by atoms with Crippen molar-refractivity contribution in [2.75, 3.05) is 0 Å². The summed E-state index contributed by atoms with van der Waals surface area (Å²) in [5.41, 5.74) is 5.57. The van der Waals surface area contributed by atoms with Gasteiger partial charge in [-0.05, 0) is 51.4 Å². The SMILES string of the molecule is CCCCC=CC=CC=CC=CC=CCCCCCCCCCCCCCCCCCCCC=CCCC(CCCCC)C(N)=O.